The van der Waals surface area contributed by atoms with Gasteiger partial charge in [-0.1, -0.05) is 13.8 Å². The fourth-order valence-corrected chi connectivity index (χ4v) is 1.60. The van der Waals surface area contributed by atoms with Crippen molar-refractivity contribution >= 4 is 0 Å². The molecule has 0 bridgehead atoms. The van der Waals surface area contributed by atoms with E-state index in [0.717, 1.165) is 18.8 Å². The summed E-state index contributed by atoms with van der Waals surface area (Å²) in [6.45, 7) is 10.3. The maximum atomic E-state index is 6.18. The van der Waals surface area contributed by atoms with Crippen LogP contribution in [0.25, 0.3) is 0 Å². The van der Waals surface area contributed by atoms with Crippen LogP contribution < -0.4 is 5.73 Å². The molecule has 1 aromatic heterocycles. The molecule has 1 aromatic rings. The van der Waals surface area contributed by atoms with E-state index < -0.39 is 0 Å². The van der Waals surface area contributed by atoms with Gasteiger partial charge in [-0.3, -0.25) is 4.90 Å². The molecule has 3 nitrogen and oxygen atoms in total. The average Bonchev–Trinajstić information content (AvgIpc) is 2.52. The van der Waals surface area contributed by atoms with E-state index in [1.54, 1.807) is 6.26 Å². The summed E-state index contributed by atoms with van der Waals surface area (Å²) in [6.07, 6.45) is 1.71. The minimum atomic E-state index is -0.190. The highest BCUT2D eigenvalue weighted by Gasteiger charge is 2.34. The fourth-order valence-electron chi connectivity index (χ4n) is 1.60. The summed E-state index contributed by atoms with van der Waals surface area (Å²) >= 11 is 0. The van der Waals surface area contributed by atoms with Gasteiger partial charge in [-0.25, -0.2) is 0 Å². The second-order valence-electron chi connectivity index (χ2n) is 5.86. The summed E-state index contributed by atoms with van der Waals surface area (Å²) in [4.78, 5) is 2.24. The first-order valence-corrected chi connectivity index (χ1v) is 5.72. The van der Waals surface area contributed by atoms with Crippen LogP contribution in [0.2, 0.25) is 0 Å². The molecule has 0 fully saturated rings. The van der Waals surface area contributed by atoms with Crippen molar-refractivity contribution in [1.82, 2.24) is 4.90 Å². The molecular formula is C13H24N2O. The highest BCUT2D eigenvalue weighted by atomic mass is 16.3. The molecule has 2 N–H and O–H groups in total. The Hall–Kier alpha value is -0.800. The quantitative estimate of drug-likeness (QED) is 0.835. The Bertz CT molecular complexity index is 309. The van der Waals surface area contributed by atoms with Crippen LogP contribution in [0, 0.1) is 5.41 Å². The van der Waals surface area contributed by atoms with Crippen LogP contribution in [-0.2, 0) is 6.54 Å². The highest BCUT2D eigenvalue weighted by molar-refractivity contribution is 4.99. The molecule has 0 saturated carbocycles. The van der Waals surface area contributed by atoms with E-state index in [-0.39, 0.29) is 11.0 Å². The van der Waals surface area contributed by atoms with Crippen molar-refractivity contribution in [1.29, 1.82) is 0 Å². The Morgan fingerprint density at radius 3 is 2.38 bits per heavy atom. The number of nitrogens with two attached hydrogens (primary N) is 1. The van der Waals surface area contributed by atoms with Gasteiger partial charge in [-0.15, -0.1) is 0 Å². The third-order valence-corrected chi connectivity index (χ3v) is 3.42. The molecular weight excluding hydrogens is 200 g/mol. The van der Waals surface area contributed by atoms with Crippen LogP contribution in [0.4, 0.5) is 0 Å². The van der Waals surface area contributed by atoms with Gasteiger partial charge in [0.15, 0.2) is 0 Å². The van der Waals surface area contributed by atoms with Crippen molar-refractivity contribution < 1.29 is 4.42 Å². The number of nitrogens with zero attached hydrogens (tertiary/aromatic N) is 1. The molecule has 0 saturated heterocycles. The van der Waals surface area contributed by atoms with Crippen LogP contribution in [-0.4, -0.2) is 24.0 Å². The Morgan fingerprint density at radius 1 is 1.31 bits per heavy atom. The molecule has 0 spiro atoms. The van der Waals surface area contributed by atoms with Gasteiger partial charge in [-0.05, 0) is 38.4 Å². The lowest BCUT2D eigenvalue weighted by Gasteiger charge is -2.41. The first kappa shape index (κ1) is 13.3. The SMILES string of the molecule is CN(Cc1ccco1)CC(C)(C)C(C)(C)N. The first-order chi connectivity index (χ1) is 7.22. The summed E-state index contributed by atoms with van der Waals surface area (Å²) in [6, 6.07) is 3.91. The van der Waals surface area contributed by atoms with Crippen LogP contribution in [0.15, 0.2) is 22.8 Å². The topological polar surface area (TPSA) is 42.4 Å². The van der Waals surface area contributed by atoms with Crippen molar-refractivity contribution in [2.75, 3.05) is 13.6 Å². The lowest BCUT2D eigenvalue weighted by atomic mass is 9.75. The van der Waals surface area contributed by atoms with E-state index >= 15 is 0 Å². The summed E-state index contributed by atoms with van der Waals surface area (Å²) < 4.78 is 5.33. The zero-order valence-electron chi connectivity index (χ0n) is 11.1. The highest BCUT2D eigenvalue weighted by Crippen LogP contribution is 2.29. The minimum Gasteiger partial charge on any atom is -0.468 e. The molecule has 0 aliphatic carbocycles. The van der Waals surface area contributed by atoms with Crippen LogP contribution >= 0.6 is 0 Å². The molecule has 1 heterocycles. The molecule has 16 heavy (non-hydrogen) atoms. The monoisotopic (exact) mass is 224 g/mol. The van der Waals surface area contributed by atoms with Crippen molar-refractivity contribution in [3.8, 4) is 0 Å². The van der Waals surface area contributed by atoms with E-state index in [1.807, 2.05) is 12.1 Å². The molecule has 0 aromatic carbocycles. The van der Waals surface area contributed by atoms with E-state index in [0.29, 0.717) is 0 Å². The predicted molar refractivity (Wildman–Crippen MR) is 67.1 cm³/mol. The van der Waals surface area contributed by atoms with E-state index in [9.17, 15) is 0 Å². The summed E-state index contributed by atoms with van der Waals surface area (Å²) in [5, 5.41) is 0. The lowest BCUT2D eigenvalue weighted by molar-refractivity contribution is 0.122. The molecule has 0 amide bonds. The van der Waals surface area contributed by atoms with Crippen molar-refractivity contribution in [3.63, 3.8) is 0 Å². The molecule has 0 aliphatic rings. The van der Waals surface area contributed by atoms with Gasteiger partial charge in [0.05, 0.1) is 12.8 Å². The Balaban J connectivity index is 2.54. The maximum absolute atomic E-state index is 6.18. The zero-order chi connectivity index (χ0) is 12.4. The van der Waals surface area contributed by atoms with Crippen molar-refractivity contribution in [2.45, 2.75) is 39.8 Å². The third-order valence-electron chi connectivity index (χ3n) is 3.42. The molecule has 92 valence electrons. The number of hydrogen-bond acceptors (Lipinski definition) is 3. The Labute approximate surface area is 98.6 Å². The summed E-state index contributed by atoms with van der Waals surface area (Å²) in [5.74, 6) is 0.994. The van der Waals surface area contributed by atoms with Gasteiger partial charge in [0, 0.05) is 12.1 Å². The maximum Gasteiger partial charge on any atom is 0.117 e. The largest absolute Gasteiger partial charge is 0.468 e. The van der Waals surface area contributed by atoms with Crippen LogP contribution in [0.1, 0.15) is 33.5 Å². The molecule has 0 unspecified atom stereocenters. The molecule has 3 heteroatoms. The predicted octanol–water partition coefficient (Wildman–Crippen LogP) is 2.47. The fraction of sp³-hybridized carbons (Fsp3) is 0.692. The standard InChI is InChI=1S/C13H24N2O/c1-12(2,13(3,4)14)10-15(5)9-11-7-6-8-16-11/h6-8H,9-10,14H2,1-5H3. The van der Waals surface area contributed by atoms with E-state index in [4.69, 9.17) is 10.2 Å². The van der Waals surface area contributed by atoms with Gasteiger partial charge < -0.3 is 10.2 Å². The second-order valence-corrected chi connectivity index (χ2v) is 5.86. The smallest absolute Gasteiger partial charge is 0.117 e. The van der Waals surface area contributed by atoms with Gasteiger partial charge in [0.1, 0.15) is 5.76 Å². The van der Waals surface area contributed by atoms with E-state index in [2.05, 4.69) is 39.6 Å². The summed E-state index contributed by atoms with van der Waals surface area (Å²) in [5.41, 5.74) is 6.06. The number of hydrogen-bond donors (Lipinski definition) is 1. The zero-order valence-corrected chi connectivity index (χ0v) is 11.1. The Morgan fingerprint density at radius 2 is 1.94 bits per heavy atom. The molecule has 0 aliphatic heterocycles. The van der Waals surface area contributed by atoms with Crippen molar-refractivity contribution in [2.24, 2.45) is 11.1 Å². The first-order valence-electron chi connectivity index (χ1n) is 5.72. The minimum absolute atomic E-state index is 0.0638. The molecule has 0 atom stereocenters. The van der Waals surface area contributed by atoms with E-state index in [1.165, 1.54) is 0 Å². The third kappa shape index (κ3) is 3.35. The second kappa shape index (κ2) is 4.60. The van der Waals surface area contributed by atoms with Crippen LogP contribution in [0.5, 0.6) is 0 Å². The van der Waals surface area contributed by atoms with Gasteiger partial charge >= 0.3 is 0 Å². The van der Waals surface area contributed by atoms with Gasteiger partial charge in [0.25, 0.3) is 0 Å². The number of rotatable bonds is 5. The average molecular weight is 224 g/mol. The normalized spacial score (nSPS) is 13.4. The number of furan rings is 1. The molecule has 1 rings (SSSR count). The van der Waals surface area contributed by atoms with Crippen LogP contribution in [0.3, 0.4) is 0 Å². The van der Waals surface area contributed by atoms with Crippen molar-refractivity contribution in [3.05, 3.63) is 24.2 Å². The van der Waals surface area contributed by atoms with Gasteiger partial charge in [-0.2, -0.15) is 0 Å². The Kier molecular flexibility index (Phi) is 3.81. The molecule has 0 radical (unpaired) electrons. The lowest BCUT2D eigenvalue weighted by Crippen LogP contribution is -2.52. The van der Waals surface area contributed by atoms with Gasteiger partial charge in [0.2, 0.25) is 0 Å². The summed E-state index contributed by atoms with van der Waals surface area (Å²) in [7, 11) is 2.09.